The van der Waals surface area contributed by atoms with E-state index in [0.29, 0.717) is 22.6 Å². The van der Waals surface area contributed by atoms with Gasteiger partial charge in [-0.1, -0.05) is 30.3 Å². The zero-order chi connectivity index (χ0) is 22.7. The number of hydrogen-bond acceptors (Lipinski definition) is 4. The molecule has 32 heavy (non-hydrogen) atoms. The Hall–Kier alpha value is -3.91. The van der Waals surface area contributed by atoms with Gasteiger partial charge in [-0.05, 0) is 66.3 Å². The SMILES string of the molecule is O=C1NC(=S)N(c2ccc(F)cc2)C(=O)C1=Cc1cccc(OCc2ccccc2F)c1. The van der Waals surface area contributed by atoms with E-state index in [1.165, 1.54) is 36.4 Å². The molecule has 0 spiro atoms. The Morgan fingerprint density at radius 3 is 2.47 bits per heavy atom. The van der Waals surface area contributed by atoms with E-state index in [1.54, 1.807) is 42.5 Å². The Balaban J connectivity index is 1.58. The molecule has 0 aromatic heterocycles. The number of halogens is 2. The number of carbonyl (C=O) groups excluding carboxylic acids is 2. The molecule has 1 heterocycles. The summed E-state index contributed by atoms with van der Waals surface area (Å²) in [7, 11) is 0. The van der Waals surface area contributed by atoms with Crippen molar-refractivity contribution in [2.45, 2.75) is 6.61 Å². The average molecular weight is 450 g/mol. The molecular weight excluding hydrogens is 434 g/mol. The first-order valence-corrected chi connectivity index (χ1v) is 9.96. The van der Waals surface area contributed by atoms with Gasteiger partial charge in [-0.2, -0.15) is 0 Å². The van der Waals surface area contributed by atoms with Crippen molar-refractivity contribution in [3.63, 3.8) is 0 Å². The fraction of sp³-hybridized carbons (Fsp3) is 0.0417. The molecule has 1 N–H and O–H groups in total. The molecule has 2 amide bonds. The minimum absolute atomic E-state index is 0.0265. The van der Waals surface area contributed by atoms with Crippen LogP contribution in [0.1, 0.15) is 11.1 Å². The normalized spacial score (nSPS) is 15.1. The van der Waals surface area contributed by atoms with Crippen LogP contribution in [0.3, 0.4) is 0 Å². The maximum atomic E-state index is 13.8. The van der Waals surface area contributed by atoms with Gasteiger partial charge >= 0.3 is 0 Å². The van der Waals surface area contributed by atoms with Gasteiger partial charge in [-0.25, -0.2) is 8.78 Å². The number of nitrogens with zero attached hydrogens (tertiary/aromatic N) is 1. The molecule has 1 aliphatic heterocycles. The highest BCUT2D eigenvalue weighted by molar-refractivity contribution is 7.80. The Morgan fingerprint density at radius 2 is 1.72 bits per heavy atom. The van der Waals surface area contributed by atoms with Crippen LogP contribution in [0, 0.1) is 11.6 Å². The summed E-state index contributed by atoms with van der Waals surface area (Å²) in [5.41, 5.74) is 1.12. The predicted octanol–water partition coefficient (Wildman–Crippen LogP) is 4.38. The largest absolute Gasteiger partial charge is 0.489 e. The highest BCUT2D eigenvalue weighted by atomic mass is 32.1. The first-order chi connectivity index (χ1) is 15.4. The van der Waals surface area contributed by atoms with E-state index in [9.17, 15) is 18.4 Å². The number of amides is 2. The number of carbonyl (C=O) groups is 2. The zero-order valence-corrected chi connectivity index (χ0v) is 17.4. The fourth-order valence-electron chi connectivity index (χ4n) is 3.12. The minimum atomic E-state index is -0.643. The third-order valence-electron chi connectivity index (χ3n) is 4.71. The number of anilines is 1. The topological polar surface area (TPSA) is 58.6 Å². The standard InChI is InChI=1S/C24H16F2N2O3S/c25-17-8-10-18(11-9-17)28-23(30)20(22(29)27-24(28)32)13-15-4-3-6-19(12-15)31-14-16-5-1-2-7-21(16)26/h1-13H,14H2,(H,27,29,32). The third kappa shape index (κ3) is 4.55. The molecule has 8 heteroatoms. The second-order valence-corrected chi connectivity index (χ2v) is 7.27. The maximum Gasteiger partial charge on any atom is 0.270 e. The van der Waals surface area contributed by atoms with E-state index in [2.05, 4.69) is 5.32 Å². The van der Waals surface area contributed by atoms with Crippen molar-refractivity contribution in [2.75, 3.05) is 4.90 Å². The van der Waals surface area contributed by atoms with Crippen LogP contribution >= 0.6 is 12.2 Å². The van der Waals surface area contributed by atoms with Crippen LogP contribution in [0.25, 0.3) is 6.08 Å². The zero-order valence-electron chi connectivity index (χ0n) is 16.5. The summed E-state index contributed by atoms with van der Waals surface area (Å²) in [4.78, 5) is 26.6. The minimum Gasteiger partial charge on any atom is -0.489 e. The van der Waals surface area contributed by atoms with E-state index < -0.39 is 17.6 Å². The molecule has 0 atom stereocenters. The molecule has 160 valence electrons. The van der Waals surface area contributed by atoms with Gasteiger partial charge in [0.25, 0.3) is 11.8 Å². The van der Waals surface area contributed by atoms with E-state index in [1.807, 2.05) is 0 Å². The summed E-state index contributed by atoms with van der Waals surface area (Å²) in [5, 5.41) is 2.38. The van der Waals surface area contributed by atoms with Gasteiger partial charge < -0.3 is 4.74 Å². The lowest BCUT2D eigenvalue weighted by Crippen LogP contribution is -2.54. The van der Waals surface area contributed by atoms with E-state index in [-0.39, 0.29) is 23.1 Å². The number of hydrogen-bond donors (Lipinski definition) is 1. The van der Waals surface area contributed by atoms with Gasteiger partial charge in [0.2, 0.25) is 0 Å². The molecule has 3 aromatic rings. The number of thiocarbonyl (C=S) groups is 1. The highest BCUT2D eigenvalue weighted by Gasteiger charge is 2.34. The molecule has 3 aromatic carbocycles. The van der Waals surface area contributed by atoms with Crippen molar-refractivity contribution in [3.8, 4) is 5.75 Å². The van der Waals surface area contributed by atoms with Crippen LogP contribution in [-0.2, 0) is 16.2 Å². The summed E-state index contributed by atoms with van der Waals surface area (Å²) in [6.45, 7) is 0.0265. The first-order valence-electron chi connectivity index (χ1n) is 9.55. The molecule has 4 rings (SSSR count). The van der Waals surface area contributed by atoms with Crippen LogP contribution in [0.4, 0.5) is 14.5 Å². The molecule has 1 saturated heterocycles. The van der Waals surface area contributed by atoms with Crippen LogP contribution < -0.4 is 15.0 Å². The Morgan fingerprint density at radius 1 is 0.969 bits per heavy atom. The van der Waals surface area contributed by atoms with Gasteiger partial charge in [0.05, 0.1) is 5.69 Å². The summed E-state index contributed by atoms with van der Waals surface area (Å²) in [6.07, 6.45) is 1.41. The molecule has 1 fully saturated rings. The molecule has 0 radical (unpaired) electrons. The molecule has 0 aliphatic carbocycles. The Kier molecular flexibility index (Phi) is 6.04. The number of ether oxygens (including phenoxy) is 1. The van der Waals surface area contributed by atoms with Crippen molar-refractivity contribution in [3.05, 3.63) is 101 Å². The first kappa shape index (κ1) is 21.3. The van der Waals surface area contributed by atoms with E-state index >= 15 is 0 Å². The Bertz CT molecular complexity index is 1240. The summed E-state index contributed by atoms with van der Waals surface area (Å²) >= 11 is 5.13. The maximum absolute atomic E-state index is 13.8. The van der Waals surface area contributed by atoms with Crippen molar-refractivity contribution in [1.82, 2.24) is 5.32 Å². The number of nitrogens with one attached hydrogen (secondary N) is 1. The average Bonchev–Trinajstić information content (AvgIpc) is 2.77. The summed E-state index contributed by atoms with van der Waals surface area (Å²) in [5.74, 6) is -1.67. The van der Waals surface area contributed by atoms with Gasteiger partial charge in [-0.15, -0.1) is 0 Å². The quantitative estimate of drug-likeness (QED) is 0.356. The van der Waals surface area contributed by atoms with Crippen molar-refractivity contribution in [1.29, 1.82) is 0 Å². The van der Waals surface area contributed by atoms with Gasteiger partial charge in [0.1, 0.15) is 29.6 Å². The fourth-order valence-corrected chi connectivity index (χ4v) is 3.40. The van der Waals surface area contributed by atoms with Crippen LogP contribution in [0.2, 0.25) is 0 Å². The van der Waals surface area contributed by atoms with Crippen LogP contribution in [0.5, 0.6) is 5.75 Å². The Labute approximate surface area is 187 Å². The van der Waals surface area contributed by atoms with Crippen molar-refractivity contribution < 1.29 is 23.1 Å². The van der Waals surface area contributed by atoms with E-state index in [4.69, 9.17) is 17.0 Å². The summed E-state index contributed by atoms with van der Waals surface area (Å²) < 4.78 is 32.7. The lowest BCUT2D eigenvalue weighted by molar-refractivity contribution is -0.122. The smallest absolute Gasteiger partial charge is 0.270 e. The second-order valence-electron chi connectivity index (χ2n) is 6.89. The van der Waals surface area contributed by atoms with Crippen LogP contribution in [-0.4, -0.2) is 16.9 Å². The molecule has 0 saturated carbocycles. The third-order valence-corrected chi connectivity index (χ3v) is 4.99. The number of benzene rings is 3. The summed E-state index contributed by atoms with van der Waals surface area (Å²) in [6, 6.07) is 18.2. The molecular formula is C24H16F2N2O3S. The van der Waals surface area contributed by atoms with Gasteiger partial charge in [0.15, 0.2) is 5.11 Å². The van der Waals surface area contributed by atoms with E-state index in [0.717, 1.165) is 4.90 Å². The molecule has 0 unspecified atom stereocenters. The lowest BCUT2D eigenvalue weighted by atomic mass is 10.1. The van der Waals surface area contributed by atoms with Gasteiger partial charge in [-0.3, -0.25) is 19.8 Å². The highest BCUT2D eigenvalue weighted by Crippen LogP contribution is 2.24. The van der Waals surface area contributed by atoms with Gasteiger partial charge in [0, 0.05) is 5.56 Å². The van der Waals surface area contributed by atoms with Crippen LogP contribution in [0.15, 0.2) is 78.4 Å². The van der Waals surface area contributed by atoms with Crippen molar-refractivity contribution >= 4 is 40.9 Å². The molecule has 5 nitrogen and oxygen atoms in total. The molecule has 0 bridgehead atoms. The number of rotatable bonds is 5. The monoisotopic (exact) mass is 450 g/mol. The predicted molar refractivity (Wildman–Crippen MR) is 120 cm³/mol. The lowest BCUT2D eigenvalue weighted by Gasteiger charge is -2.28. The van der Waals surface area contributed by atoms with Crippen molar-refractivity contribution in [2.24, 2.45) is 0 Å². The molecule has 1 aliphatic rings. The second kappa shape index (κ2) is 9.07.